The molecule has 2 saturated carbocycles. The van der Waals surface area contributed by atoms with E-state index in [1.807, 2.05) is 0 Å². The smallest absolute Gasteiger partial charge is 0.259 e. The molecule has 206 valence electrons. The van der Waals surface area contributed by atoms with E-state index < -0.39 is 21.7 Å². The maximum Gasteiger partial charge on any atom is 0.259 e. The summed E-state index contributed by atoms with van der Waals surface area (Å²) in [6.45, 7) is 7.02. The van der Waals surface area contributed by atoms with Crippen LogP contribution in [-0.2, 0) is 10.0 Å². The van der Waals surface area contributed by atoms with Gasteiger partial charge in [-0.05, 0) is 101 Å². The molecule has 0 bridgehead atoms. The van der Waals surface area contributed by atoms with Crippen LogP contribution in [0.5, 0.6) is 0 Å². The summed E-state index contributed by atoms with van der Waals surface area (Å²) in [5, 5.41) is 16.5. The van der Waals surface area contributed by atoms with Crippen molar-refractivity contribution in [2.45, 2.75) is 88.3 Å². The molecule has 4 N–H and O–H groups in total. The molecule has 0 unspecified atom stereocenters. The fourth-order valence-electron chi connectivity index (χ4n) is 5.52. The van der Waals surface area contributed by atoms with Gasteiger partial charge in [0.15, 0.2) is 0 Å². The molecule has 38 heavy (non-hydrogen) atoms. The van der Waals surface area contributed by atoms with E-state index in [1.165, 1.54) is 25.0 Å². The predicted molar refractivity (Wildman–Crippen MR) is 149 cm³/mol. The van der Waals surface area contributed by atoms with E-state index >= 15 is 0 Å². The lowest BCUT2D eigenvalue weighted by Gasteiger charge is -2.34. The highest BCUT2D eigenvalue weighted by Crippen LogP contribution is 2.54. The molecule has 2 heterocycles. The van der Waals surface area contributed by atoms with Crippen molar-refractivity contribution in [3.05, 3.63) is 42.0 Å². The van der Waals surface area contributed by atoms with E-state index in [0.717, 1.165) is 45.2 Å². The summed E-state index contributed by atoms with van der Waals surface area (Å²) in [4.78, 5) is 20.6. The van der Waals surface area contributed by atoms with Crippen molar-refractivity contribution in [1.82, 2.24) is 9.71 Å². The minimum atomic E-state index is -3.74. The zero-order valence-corrected chi connectivity index (χ0v) is 23.3. The number of hydrogen-bond donors (Lipinski definition) is 4. The first-order valence-corrected chi connectivity index (χ1v) is 15.1. The van der Waals surface area contributed by atoms with Gasteiger partial charge in [0.2, 0.25) is 10.0 Å². The van der Waals surface area contributed by atoms with Crippen molar-refractivity contribution in [3.8, 4) is 0 Å². The van der Waals surface area contributed by atoms with Crippen LogP contribution in [0.1, 0.15) is 76.1 Å². The SMILES string of the molecule is CC(C)(C)NS(=O)(=O)c1cccc(NC(=O)c2ccc(N[C@@H]3CCC[C@H]3O)nc2N2CCC3(CC2)CC3)c1. The lowest BCUT2D eigenvalue weighted by Crippen LogP contribution is -2.40. The van der Waals surface area contributed by atoms with Crippen LogP contribution < -0.4 is 20.3 Å². The molecule has 5 rings (SSSR count). The zero-order chi connectivity index (χ0) is 27.1. The Labute approximate surface area is 225 Å². The molecule has 1 aromatic carbocycles. The molecular weight excluding hydrogens is 502 g/mol. The van der Waals surface area contributed by atoms with Gasteiger partial charge < -0.3 is 20.6 Å². The topological polar surface area (TPSA) is 124 Å². The van der Waals surface area contributed by atoms with Gasteiger partial charge in [-0.25, -0.2) is 18.1 Å². The zero-order valence-electron chi connectivity index (χ0n) is 22.5. The number of hydrogen-bond acceptors (Lipinski definition) is 7. The maximum atomic E-state index is 13.5. The van der Waals surface area contributed by atoms with Crippen molar-refractivity contribution >= 4 is 33.3 Å². The molecule has 2 atom stereocenters. The molecule has 1 amide bonds. The summed E-state index contributed by atoms with van der Waals surface area (Å²) in [6.07, 6.45) is 6.99. The Morgan fingerprint density at radius 2 is 1.82 bits per heavy atom. The number of amides is 1. The number of pyridine rings is 1. The summed E-state index contributed by atoms with van der Waals surface area (Å²) in [5.74, 6) is 0.925. The first-order valence-electron chi connectivity index (χ1n) is 13.6. The van der Waals surface area contributed by atoms with Crippen LogP contribution in [0, 0.1) is 5.41 Å². The van der Waals surface area contributed by atoms with Crippen molar-refractivity contribution in [1.29, 1.82) is 0 Å². The van der Waals surface area contributed by atoms with Crippen LogP contribution in [0.25, 0.3) is 0 Å². The normalized spacial score (nSPS) is 22.9. The maximum absolute atomic E-state index is 13.5. The number of rotatable bonds is 7. The molecule has 9 nitrogen and oxygen atoms in total. The highest BCUT2D eigenvalue weighted by Gasteiger charge is 2.45. The largest absolute Gasteiger partial charge is 0.391 e. The first kappa shape index (κ1) is 26.9. The van der Waals surface area contributed by atoms with Gasteiger partial charge in [-0.15, -0.1) is 0 Å². The summed E-state index contributed by atoms with van der Waals surface area (Å²) >= 11 is 0. The second-order valence-corrected chi connectivity index (χ2v) is 13.8. The minimum Gasteiger partial charge on any atom is -0.391 e. The highest BCUT2D eigenvalue weighted by molar-refractivity contribution is 7.89. The van der Waals surface area contributed by atoms with Gasteiger partial charge in [0.1, 0.15) is 11.6 Å². The average molecular weight is 542 g/mol. The molecule has 2 aromatic rings. The van der Waals surface area contributed by atoms with Crippen molar-refractivity contribution < 1.29 is 18.3 Å². The van der Waals surface area contributed by atoms with Crippen LogP contribution in [0.3, 0.4) is 0 Å². The summed E-state index contributed by atoms with van der Waals surface area (Å²) in [7, 11) is -3.74. The summed E-state index contributed by atoms with van der Waals surface area (Å²) < 4.78 is 28.3. The lowest BCUT2D eigenvalue weighted by molar-refractivity contribution is 0.102. The van der Waals surface area contributed by atoms with E-state index in [4.69, 9.17) is 4.98 Å². The van der Waals surface area contributed by atoms with Gasteiger partial charge in [-0.3, -0.25) is 4.79 Å². The number of nitrogens with zero attached hydrogens (tertiary/aromatic N) is 2. The number of benzene rings is 1. The Morgan fingerprint density at radius 1 is 1.08 bits per heavy atom. The number of carbonyl (C=O) groups excluding carboxylic acids is 1. The van der Waals surface area contributed by atoms with E-state index in [0.29, 0.717) is 28.3 Å². The van der Waals surface area contributed by atoms with Gasteiger partial charge in [0.25, 0.3) is 5.91 Å². The van der Waals surface area contributed by atoms with Crippen LogP contribution >= 0.6 is 0 Å². The van der Waals surface area contributed by atoms with Crippen LogP contribution in [0.15, 0.2) is 41.3 Å². The third-order valence-corrected chi connectivity index (χ3v) is 9.61. The predicted octanol–water partition coefficient (Wildman–Crippen LogP) is 4.12. The van der Waals surface area contributed by atoms with Crippen LogP contribution in [-0.4, -0.2) is 55.2 Å². The van der Waals surface area contributed by atoms with E-state index in [2.05, 4.69) is 20.3 Å². The van der Waals surface area contributed by atoms with E-state index in [9.17, 15) is 18.3 Å². The Kier molecular flexibility index (Phi) is 7.17. The van der Waals surface area contributed by atoms with Crippen molar-refractivity contribution in [2.24, 2.45) is 5.41 Å². The molecule has 0 radical (unpaired) electrons. The molecule has 1 aromatic heterocycles. The van der Waals surface area contributed by atoms with Gasteiger partial charge in [0.05, 0.1) is 22.6 Å². The second-order valence-electron chi connectivity index (χ2n) is 12.1. The van der Waals surface area contributed by atoms with Gasteiger partial charge in [-0.2, -0.15) is 0 Å². The number of aliphatic hydroxyl groups is 1. The number of nitrogens with one attached hydrogen (secondary N) is 3. The number of aliphatic hydroxyl groups excluding tert-OH is 1. The molecule has 3 aliphatic rings. The van der Waals surface area contributed by atoms with Crippen molar-refractivity contribution in [3.63, 3.8) is 0 Å². The quantitative estimate of drug-likeness (QED) is 0.416. The average Bonchev–Trinajstić information content (AvgIpc) is 3.48. The second kappa shape index (κ2) is 10.1. The standard InChI is InChI=1S/C28H39N5O4S/c1-27(2,3)32-38(36,37)20-7-4-6-19(18-20)29-26(35)21-10-11-24(30-22-8-5-9-23(22)34)31-25(21)33-16-14-28(12-13-28)15-17-33/h4,6-7,10-11,18,22-23,32,34H,5,8-9,12-17H2,1-3H3,(H,29,35)(H,30,31)/t22-,23-/m1/s1. The molecule has 1 spiro atoms. The van der Waals surface area contributed by atoms with Gasteiger partial charge >= 0.3 is 0 Å². The number of aromatic nitrogens is 1. The third kappa shape index (κ3) is 6.13. The Bertz CT molecular complexity index is 1290. The molecule has 2 aliphatic carbocycles. The lowest BCUT2D eigenvalue weighted by atomic mass is 9.93. The number of piperidine rings is 1. The Balaban J connectivity index is 1.39. The fraction of sp³-hybridized carbons (Fsp3) is 0.571. The summed E-state index contributed by atoms with van der Waals surface area (Å²) in [5.41, 5.74) is 0.687. The van der Waals surface area contributed by atoms with Gasteiger partial charge in [0, 0.05) is 24.3 Å². The number of anilines is 3. The third-order valence-electron chi connectivity index (χ3n) is 7.86. The Morgan fingerprint density at radius 3 is 2.45 bits per heavy atom. The molecule has 1 saturated heterocycles. The van der Waals surface area contributed by atoms with E-state index in [-0.39, 0.29) is 16.8 Å². The highest BCUT2D eigenvalue weighted by atomic mass is 32.2. The molecule has 1 aliphatic heterocycles. The first-order chi connectivity index (χ1) is 17.9. The summed E-state index contributed by atoms with van der Waals surface area (Å²) in [6, 6.07) is 9.78. The molecule has 10 heteroatoms. The molecule has 3 fully saturated rings. The van der Waals surface area contributed by atoms with Crippen LogP contribution in [0.2, 0.25) is 0 Å². The minimum absolute atomic E-state index is 0.0440. The number of carbonyl (C=O) groups is 1. The van der Waals surface area contributed by atoms with Crippen LogP contribution in [0.4, 0.5) is 17.3 Å². The Hall–Kier alpha value is -2.69. The number of sulfonamides is 1. The van der Waals surface area contributed by atoms with E-state index in [1.54, 1.807) is 45.0 Å². The molecular formula is C28H39N5O4S. The van der Waals surface area contributed by atoms with Crippen molar-refractivity contribution in [2.75, 3.05) is 28.6 Å². The fourth-order valence-corrected chi connectivity index (χ4v) is 6.98. The van der Waals surface area contributed by atoms with Gasteiger partial charge in [-0.1, -0.05) is 6.07 Å². The monoisotopic (exact) mass is 541 g/mol.